The Bertz CT molecular complexity index is 1000. The summed E-state index contributed by atoms with van der Waals surface area (Å²) in [6.45, 7) is 3.15. The van der Waals surface area contributed by atoms with E-state index in [1.165, 1.54) is 4.57 Å². The number of aryl methyl sites for hydroxylation is 2. The molecule has 1 N–H and O–H groups in total. The fourth-order valence-electron chi connectivity index (χ4n) is 3.42. The number of nitrogens with zero attached hydrogens (tertiary/aromatic N) is 5. The van der Waals surface area contributed by atoms with E-state index in [0.29, 0.717) is 30.2 Å². The van der Waals surface area contributed by atoms with Crippen LogP contribution in [0.4, 0.5) is 0 Å². The molecular weight excluding hydrogens is 318 g/mol. The van der Waals surface area contributed by atoms with Crippen LogP contribution < -0.4 is 5.56 Å². The lowest BCUT2D eigenvalue weighted by Crippen LogP contribution is -2.31. The summed E-state index contributed by atoms with van der Waals surface area (Å²) in [6.07, 6.45) is 1.96. The van der Waals surface area contributed by atoms with Crippen LogP contribution in [0.1, 0.15) is 24.2 Å². The summed E-state index contributed by atoms with van der Waals surface area (Å²) in [6, 6.07) is 5.85. The predicted octanol–water partition coefficient (Wildman–Crippen LogP) is 1.09. The normalized spacial score (nSPS) is 16.2. The Morgan fingerprint density at radius 3 is 2.84 bits per heavy atom. The maximum atomic E-state index is 12.6. The van der Waals surface area contributed by atoms with Crippen molar-refractivity contribution < 1.29 is 5.11 Å². The second kappa shape index (κ2) is 5.93. The molecule has 0 saturated heterocycles. The lowest BCUT2D eigenvalue weighted by atomic mass is 10.1. The molecule has 132 valence electrons. The number of hydrogen-bond acceptors (Lipinski definition) is 5. The summed E-state index contributed by atoms with van der Waals surface area (Å²) < 4.78 is 3.48. The number of likely N-dealkylation sites (N-methyl/N-ethyl adjacent to an activating group) is 1. The molecule has 1 aliphatic carbocycles. The Morgan fingerprint density at radius 1 is 1.36 bits per heavy atom. The van der Waals surface area contributed by atoms with Crippen molar-refractivity contribution in [3.63, 3.8) is 0 Å². The molecule has 1 fully saturated rings. The lowest BCUT2D eigenvalue weighted by Gasteiger charge is -2.19. The van der Waals surface area contributed by atoms with Crippen molar-refractivity contribution in [2.24, 2.45) is 13.0 Å². The van der Waals surface area contributed by atoms with Gasteiger partial charge in [0.05, 0.1) is 23.6 Å². The highest BCUT2D eigenvalue weighted by Gasteiger charge is 2.30. The summed E-state index contributed by atoms with van der Waals surface area (Å²) in [5.74, 6) is 1.75. The minimum absolute atomic E-state index is 0.0670. The predicted molar refractivity (Wildman–Crippen MR) is 95.5 cm³/mol. The Kier molecular flexibility index (Phi) is 3.85. The van der Waals surface area contributed by atoms with Gasteiger partial charge in [-0.2, -0.15) is 0 Å². The Labute approximate surface area is 145 Å². The van der Waals surface area contributed by atoms with E-state index in [4.69, 9.17) is 0 Å². The number of fused-ring (bicyclic) bond motifs is 3. The minimum Gasteiger partial charge on any atom is -0.392 e. The SMILES string of the molecule is Cc1ccc2c(c1)c(=O)n(C)c1nnc(CN(C)CC(O)C3CC3)n21. The highest BCUT2D eigenvalue weighted by Crippen LogP contribution is 2.32. The van der Waals surface area contributed by atoms with Crippen molar-refractivity contribution in [3.8, 4) is 0 Å². The number of rotatable bonds is 5. The van der Waals surface area contributed by atoms with E-state index >= 15 is 0 Å². The summed E-state index contributed by atoms with van der Waals surface area (Å²) >= 11 is 0. The van der Waals surface area contributed by atoms with Crippen molar-refractivity contribution in [1.82, 2.24) is 24.1 Å². The van der Waals surface area contributed by atoms with Gasteiger partial charge in [-0.05, 0) is 44.9 Å². The largest absolute Gasteiger partial charge is 0.392 e. The molecule has 4 rings (SSSR count). The van der Waals surface area contributed by atoms with Gasteiger partial charge in [-0.15, -0.1) is 10.2 Å². The van der Waals surface area contributed by atoms with Crippen molar-refractivity contribution in [2.45, 2.75) is 32.4 Å². The molecular formula is C18H23N5O2. The molecule has 1 unspecified atom stereocenters. The molecule has 7 heteroatoms. The van der Waals surface area contributed by atoms with Gasteiger partial charge in [-0.1, -0.05) is 11.6 Å². The number of benzene rings is 1. The van der Waals surface area contributed by atoms with Gasteiger partial charge in [0.15, 0.2) is 5.82 Å². The van der Waals surface area contributed by atoms with E-state index in [0.717, 1.165) is 29.7 Å². The van der Waals surface area contributed by atoms with Crippen LogP contribution in [0.25, 0.3) is 16.7 Å². The van der Waals surface area contributed by atoms with Crippen LogP contribution in [0.2, 0.25) is 0 Å². The van der Waals surface area contributed by atoms with Gasteiger partial charge in [0.25, 0.3) is 5.56 Å². The standard InChI is InChI=1S/C18H23N5O2/c1-11-4-7-14-13(8-11)17(25)22(3)18-20-19-16(23(14)18)10-21(2)9-15(24)12-5-6-12/h4,7-8,12,15,24H,5-6,9-10H2,1-3H3. The van der Waals surface area contributed by atoms with E-state index in [9.17, 15) is 9.90 Å². The van der Waals surface area contributed by atoms with Gasteiger partial charge < -0.3 is 5.11 Å². The molecule has 2 heterocycles. The van der Waals surface area contributed by atoms with Gasteiger partial charge in [0.1, 0.15) is 0 Å². The molecule has 2 aromatic heterocycles. The first-order valence-corrected chi connectivity index (χ1v) is 8.65. The highest BCUT2D eigenvalue weighted by atomic mass is 16.3. The van der Waals surface area contributed by atoms with E-state index < -0.39 is 0 Å². The smallest absolute Gasteiger partial charge is 0.262 e. The van der Waals surface area contributed by atoms with Crippen molar-refractivity contribution in [1.29, 1.82) is 0 Å². The van der Waals surface area contributed by atoms with Gasteiger partial charge in [0.2, 0.25) is 5.78 Å². The van der Waals surface area contributed by atoms with Gasteiger partial charge in [-0.25, -0.2) is 0 Å². The van der Waals surface area contributed by atoms with Crippen molar-refractivity contribution in [3.05, 3.63) is 39.9 Å². The maximum absolute atomic E-state index is 12.6. The van der Waals surface area contributed by atoms with Gasteiger partial charge in [0, 0.05) is 13.6 Å². The average Bonchev–Trinajstić information content (AvgIpc) is 3.35. The minimum atomic E-state index is -0.284. The Balaban J connectivity index is 1.77. The molecule has 1 aromatic carbocycles. The van der Waals surface area contributed by atoms with Gasteiger partial charge in [-0.3, -0.25) is 18.7 Å². The molecule has 1 aliphatic rings. The first kappa shape index (κ1) is 16.2. The molecule has 1 saturated carbocycles. The summed E-state index contributed by atoms with van der Waals surface area (Å²) in [7, 11) is 3.69. The van der Waals surface area contributed by atoms with Crippen LogP contribution in [0.15, 0.2) is 23.0 Å². The molecule has 25 heavy (non-hydrogen) atoms. The molecule has 0 aliphatic heterocycles. The van der Waals surface area contributed by atoms with Crippen LogP contribution in [-0.4, -0.2) is 48.9 Å². The van der Waals surface area contributed by atoms with Crippen LogP contribution >= 0.6 is 0 Å². The van der Waals surface area contributed by atoms with Crippen LogP contribution in [0.5, 0.6) is 0 Å². The molecule has 0 spiro atoms. The van der Waals surface area contributed by atoms with E-state index in [1.807, 2.05) is 36.6 Å². The summed E-state index contributed by atoms with van der Waals surface area (Å²) in [5.41, 5.74) is 1.80. The molecule has 1 atom stereocenters. The van der Waals surface area contributed by atoms with Crippen LogP contribution in [0, 0.1) is 12.8 Å². The third kappa shape index (κ3) is 2.83. The first-order valence-electron chi connectivity index (χ1n) is 8.65. The van der Waals surface area contributed by atoms with Gasteiger partial charge >= 0.3 is 0 Å². The zero-order chi connectivity index (χ0) is 17.7. The van der Waals surface area contributed by atoms with E-state index in [2.05, 4.69) is 15.1 Å². The average molecular weight is 341 g/mol. The third-order valence-electron chi connectivity index (χ3n) is 5.02. The molecule has 3 aromatic rings. The Hall–Kier alpha value is -2.25. The second-order valence-electron chi connectivity index (χ2n) is 7.24. The maximum Gasteiger partial charge on any atom is 0.262 e. The molecule has 7 nitrogen and oxygen atoms in total. The van der Waals surface area contributed by atoms with Crippen molar-refractivity contribution >= 4 is 16.7 Å². The number of aliphatic hydroxyl groups excluding tert-OH is 1. The zero-order valence-corrected chi connectivity index (χ0v) is 14.8. The summed E-state index contributed by atoms with van der Waals surface area (Å²) in [4.78, 5) is 14.7. The lowest BCUT2D eigenvalue weighted by molar-refractivity contribution is 0.103. The molecule has 0 amide bonds. The first-order chi connectivity index (χ1) is 12.0. The number of hydrogen-bond donors (Lipinski definition) is 1. The van der Waals surface area contributed by atoms with E-state index in [-0.39, 0.29) is 11.7 Å². The second-order valence-corrected chi connectivity index (χ2v) is 7.24. The monoisotopic (exact) mass is 341 g/mol. The molecule has 0 radical (unpaired) electrons. The third-order valence-corrected chi connectivity index (χ3v) is 5.02. The van der Waals surface area contributed by atoms with Crippen molar-refractivity contribution in [2.75, 3.05) is 13.6 Å². The Morgan fingerprint density at radius 2 is 2.12 bits per heavy atom. The summed E-state index contributed by atoms with van der Waals surface area (Å²) in [5, 5.41) is 19.3. The van der Waals surface area contributed by atoms with Crippen LogP contribution in [-0.2, 0) is 13.6 Å². The zero-order valence-electron chi connectivity index (χ0n) is 14.8. The fraction of sp³-hybridized carbons (Fsp3) is 0.500. The topological polar surface area (TPSA) is 75.7 Å². The number of aromatic nitrogens is 4. The quantitative estimate of drug-likeness (QED) is 0.752. The molecule has 0 bridgehead atoms. The fourth-order valence-corrected chi connectivity index (χ4v) is 3.42. The van der Waals surface area contributed by atoms with Crippen LogP contribution in [0.3, 0.4) is 0 Å². The van der Waals surface area contributed by atoms with E-state index in [1.54, 1.807) is 7.05 Å². The number of aliphatic hydroxyl groups is 1. The highest BCUT2D eigenvalue weighted by molar-refractivity contribution is 5.81.